The van der Waals surface area contributed by atoms with E-state index in [2.05, 4.69) is 10.3 Å². The highest BCUT2D eigenvalue weighted by molar-refractivity contribution is 5.85. The third-order valence-electron chi connectivity index (χ3n) is 6.16. The van der Waals surface area contributed by atoms with Crippen LogP contribution in [0, 0.1) is 5.92 Å². The Balaban J connectivity index is 1.56. The molecule has 2 N–H and O–H groups in total. The van der Waals surface area contributed by atoms with Crippen molar-refractivity contribution < 1.29 is 0 Å². The van der Waals surface area contributed by atoms with Gasteiger partial charge in [-0.15, -0.1) is 5.10 Å². The summed E-state index contributed by atoms with van der Waals surface area (Å²) in [5, 5.41) is 10.3. The molecule has 25 heavy (non-hydrogen) atoms. The Hall–Kier alpha value is -2.47. The van der Waals surface area contributed by atoms with E-state index in [-0.39, 0.29) is 11.1 Å². The van der Waals surface area contributed by atoms with Gasteiger partial charge in [-0.2, -0.15) is 0 Å². The van der Waals surface area contributed by atoms with Crippen LogP contribution < -0.4 is 11.3 Å². The number of fused-ring (bicyclic) bond motifs is 2. The third-order valence-corrected chi connectivity index (χ3v) is 6.16. The van der Waals surface area contributed by atoms with E-state index in [1.165, 1.54) is 25.7 Å². The van der Waals surface area contributed by atoms with Crippen LogP contribution in [-0.2, 0) is 12.6 Å². The largest absolute Gasteiger partial charge is 0.319 e. The number of aryl methyl sites for hydroxylation is 1. The van der Waals surface area contributed by atoms with Crippen molar-refractivity contribution in [1.82, 2.24) is 19.6 Å². The average Bonchev–Trinajstić information content (AvgIpc) is 3.31. The first kappa shape index (κ1) is 14.8. The summed E-state index contributed by atoms with van der Waals surface area (Å²) in [6.07, 6.45) is 8.72. The topological polar surface area (TPSA) is 78.7 Å². The second-order valence-electron chi connectivity index (χ2n) is 7.64. The lowest BCUT2D eigenvalue weighted by molar-refractivity contribution is 0.132. The molecular formula is C19H21N5O. The summed E-state index contributed by atoms with van der Waals surface area (Å²) >= 11 is 0. The van der Waals surface area contributed by atoms with Gasteiger partial charge in [0.25, 0.3) is 5.56 Å². The number of pyridine rings is 1. The van der Waals surface area contributed by atoms with Crippen LogP contribution >= 0.6 is 0 Å². The van der Waals surface area contributed by atoms with Gasteiger partial charge in [0.15, 0.2) is 0 Å². The Bertz CT molecular complexity index is 1020. The fourth-order valence-electron chi connectivity index (χ4n) is 4.68. The molecule has 6 rings (SSSR count). The Morgan fingerprint density at radius 3 is 2.88 bits per heavy atom. The molecule has 0 amide bonds. The normalized spacial score (nSPS) is 25.9. The monoisotopic (exact) mass is 335 g/mol. The second kappa shape index (κ2) is 5.02. The predicted molar refractivity (Wildman–Crippen MR) is 95.2 cm³/mol. The summed E-state index contributed by atoms with van der Waals surface area (Å²) in [4.78, 5) is 12.4. The van der Waals surface area contributed by atoms with Gasteiger partial charge in [-0.3, -0.25) is 4.79 Å². The standard InChI is InChI=1S/C19H21N5O/c1-23-8-6-13-14(3-2-4-15(13)18(23)25)17(20)16-11-24(22-21-16)19-7-5-12(9-19)10-19/h2-4,6,8,11-12,17H,5,7,9-10,20H2,1H3. The van der Waals surface area contributed by atoms with Crippen LogP contribution in [0.25, 0.3) is 10.8 Å². The van der Waals surface area contributed by atoms with E-state index in [1.54, 1.807) is 17.8 Å². The van der Waals surface area contributed by atoms with Crippen LogP contribution in [0.4, 0.5) is 0 Å². The molecule has 1 unspecified atom stereocenters. The molecule has 0 spiro atoms. The number of hydrogen-bond acceptors (Lipinski definition) is 4. The molecule has 1 aromatic carbocycles. The highest BCUT2D eigenvalue weighted by atomic mass is 16.1. The lowest BCUT2D eigenvalue weighted by atomic mass is 9.77. The molecule has 128 valence electrons. The third kappa shape index (κ3) is 2.03. The van der Waals surface area contributed by atoms with E-state index in [9.17, 15) is 4.79 Å². The van der Waals surface area contributed by atoms with Gasteiger partial charge in [-0.25, -0.2) is 4.68 Å². The van der Waals surface area contributed by atoms with Crippen molar-refractivity contribution in [3.63, 3.8) is 0 Å². The molecule has 2 heterocycles. The number of nitrogens with two attached hydrogens (primary N) is 1. The molecular weight excluding hydrogens is 314 g/mol. The lowest BCUT2D eigenvalue weighted by Crippen LogP contribution is -2.39. The molecule has 2 bridgehead atoms. The van der Waals surface area contributed by atoms with Gasteiger partial charge in [0.2, 0.25) is 0 Å². The maximum absolute atomic E-state index is 12.4. The zero-order valence-corrected chi connectivity index (χ0v) is 14.2. The van der Waals surface area contributed by atoms with Gasteiger partial charge in [0, 0.05) is 18.6 Å². The Morgan fingerprint density at radius 1 is 1.28 bits per heavy atom. The molecule has 3 fully saturated rings. The van der Waals surface area contributed by atoms with Crippen molar-refractivity contribution in [2.45, 2.75) is 37.3 Å². The van der Waals surface area contributed by atoms with E-state index < -0.39 is 6.04 Å². The van der Waals surface area contributed by atoms with E-state index in [0.29, 0.717) is 5.39 Å². The summed E-state index contributed by atoms with van der Waals surface area (Å²) in [7, 11) is 1.76. The molecule has 3 saturated carbocycles. The van der Waals surface area contributed by atoms with Crippen LogP contribution in [0.5, 0.6) is 0 Å². The van der Waals surface area contributed by atoms with Gasteiger partial charge in [-0.1, -0.05) is 17.3 Å². The quantitative estimate of drug-likeness (QED) is 0.795. The van der Waals surface area contributed by atoms with Gasteiger partial charge >= 0.3 is 0 Å². The van der Waals surface area contributed by atoms with Crippen molar-refractivity contribution in [1.29, 1.82) is 0 Å². The molecule has 6 nitrogen and oxygen atoms in total. The molecule has 2 aromatic heterocycles. The van der Waals surface area contributed by atoms with Crippen LogP contribution in [0.1, 0.15) is 43.0 Å². The molecule has 6 heteroatoms. The van der Waals surface area contributed by atoms with Crippen LogP contribution in [0.2, 0.25) is 0 Å². The minimum atomic E-state index is -0.391. The Morgan fingerprint density at radius 2 is 2.12 bits per heavy atom. The zero-order chi connectivity index (χ0) is 17.2. The van der Waals surface area contributed by atoms with E-state index in [4.69, 9.17) is 5.73 Å². The van der Waals surface area contributed by atoms with Crippen molar-refractivity contribution in [2.24, 2.45) is 18.7 Å². The average molecular weight is 335 g/mol. The van der Waals surface area contributed by atoms with Gasteiger partial charge in [0.1, 0.15) is 5.69 Å². The molecule has 3 aliphatic rings. The van der Waals surface area contributed by atoms with Crippen molar-refractivity contribution in [2.75, 3.05) is 0 Å². The molecule has 0 radical (unpaired) electrons. The minimum absolute atomic E-state index is 0.0134. The first-order valence-corrected chi connectivity index (χ1v) is 8.84. The van der Waals surface area contributed by atoms with Crippen LogP contribution in [0.3, 0.4) is 0 Å². The maximum atomic E-state index is 12.4. The summed E-state index contributed by atoms with van der Waals surface area (Å²) in [6, 6.07) is 7.26. The van der Waals surface area contributed by atoms with Crippen molar-refractivity contribution >= 4 is 10.8 Å². The number of hydrogen-bond donors (Lipinski definition) is 1. The van der Waals surface area contributed by atoms with Crippen molar-refractivity contribution in [3.05, 3.63) is 58.3 Å². The van der Waals surface area contributed by atoms with E-state index in [0.717, 1.165) is 22.6 Å². The smallest absolute Gasteiger partial charge is 0.258 e. The SMILES string of the molecule is Cn1ccc2c(C(N)c3cn(C45CCC(C4)C5)nn3)cccc2c1=O. The Labute approximate surface area is 145 Å². The number of aromatic nitrogens is 4. The lowest BCUT2D eigenvalue weighted by Gasteiger charge is -2.38. The summed E-state index contributed by atoms with van der Waals surface area (Å²) in [5.41, 5.74) is 8.36. The number of nitrogens with zero attached hydrogens (tertiary/aromatic N) is 4. The van der Waals surface area contributed by atoms with Gasteiger partial charge in [-0.05, 0) is 54.7 Å². The highest BCUT2D eigenvalue weighted by Crippen LogP contribution is 2.56. The number of benzene rings is 1. The fourth-order valence-corrected chi connectivity index (χ4v) is 4.68. The zero-order valence-electron chi connectivity index (χ0n) is 14.2. The number of rotatable bonds is 3. The minimum Gasteiger partial charge on any atom is -0.319 e. The summed E-state index contributed by atoms with van der Waals surface area (Å²) in [5.74, 6) is 0.871. The fraction of sp³-hybridized carbons (Fsp3) is 0.421. The maximum Gasteiger partial charge on any atom is 0.258 e. The summed E-state index contributed by atoms with van der Waals surface area (Å²) < 4.78 is 3.62. The van der Waals surface area contributed by atoms with Crippen LogP contribution in [-0.4, -0.2) is 19.6 Å². The second-order valence-corrected chi connectivity index (χ2v) is 7.64. The highest BCUT2D eigenvalue weighted by Gasteiger charge is 2.52. The van der Waals surface area contributed by atoms with Gasteiger partial charge < -0.3 is 10.3 Å². The van der Waals surface area contributed by atoms with Crippen LogP contribution in [0.15, 0.2) is 41.5 Å². The predicted octanol–water partition coefficient (Wildman–Crippen LogP) is 2.08. The molecule has 0 saturated heterocycles. The molecule has 3 aliphatic carbocycles. The molecule has 3 aromatic rings. The van der Waals surface area contributed by atoms with Gasteiger partial charge in [0.05, 0.1) is 17.8 Å². The first-order chi connectivity index (χ1) is 12.1. The van der Waals surface area contributed by atoms with Crippen molar-refractivity contribution in [3.8, 4) is 0 Å². The Kier molecular flexibility index (Phi) is 2.98. The van der Waals surface area contributed by atoms with E-state index >= 15 is 0 Å². The van der Waals surface area contributed by atoms with E-state index in [1.807, 2.05) is 35.1 Å². The molecule has 0 aliphatic heterocycles. The molecule has 1 atom stereocenters. The summed E-state index contributed by atoms with van der Waals surface area (Å²) in [6.45, 7) is 0. The first-order valence-electron chi connectivity index (χ1n) is 8.84.